The fourth-order valence-electron chi connectivity index (χ4n) is 3.23. The van der Waals surface area contributed by atoms with Gasteiger partial charge in [0.25, 0.3) is 23.6 Å². The Morgan fingerprint density at radius 2 is 1.06 bits per heavy atom. The Hall–Kier alpha value is -3.32. The van der Waals surface area contributed by atoms with Gasteiger partial charge in [0.2, 0.25) is 0 Å². The molecule has 3 rings (SSSR count). The van der Waals surface area contributed by atoms with Crippen molar-refractivity contribution < 1.29 is 54.3 Å². The van der Waals surface area contributed by atoms with E-state index in [9.17, 15) is 54.3 Å². The summed E-state index contributed by atoms with van der Waals surface area (Å²) in [7, 11) is 0. The van der Waals surface area contributed by atoms with Gasteiger partial charge in [0, 0.05) is 11.6 Å². The summed E-state index contributed by atoms with van der Waals surface area (Å²) in [5.41, 5.74) is -1.39. The lowest BCUT2D eigenvalue weighted by Crippen LogP contribution is -2.67. The lowest BCUT2D eigenvalue weighted by Gasteiger charge is -2.38. The first-order valence-corrected chi connectivity index (χ1v) is 8.97. The van der Waals surface area contributed by atoms with Crippen molar-refractivity contribution in [3.05, 3.63) is 47.0 Å². The summed E-state index contributed by atoms with van der Waals surface area (Å²) in [5, 5.41) is 0. The van der Waals surface area contributed by atoms with Gasteiger partial charge in [-0.15, -0.1) is 0 Å². The van der Waals surface area contributed by atoms with Crippen LogP contribution in [0.15, 0.2) is 35.9 Å². The predicted octanol–water partition coefficient (Wildman–Crippen LogP) is 3.14. The first kappa shape index (κ1) is 24.3. The molecule has 0 saturated heterocycles. The van der Waals surface area contributed by atoms with Gasteiger partial charge in [-0.2, -0.15) is 35.1 Å². The number of halogens is 8. The minimum atomic E-state index is -6.81. The van der Waals surface area contributed by atoms with Gasteiger partial charge >= 0.3 is 23.7 Å². The second kappa shape index (κ2) is 7.35. The van der Waals surface area contributed by atoms with E-state index < -0.39 is 86.9 Å². The number of benzene rings is 1. The van der Waals surface area contributed by atoms with Crippen LogP contribution in [-0.4, -0.2) is 70.2 Å². The number of imide groups is 2. The van der Waals surface area contributed by atoms with E-state index in [1.165, 1.54) is 12.1 Å². The number of nitrogens with zero attached hydrogens (tertiary/aromatic N) is 2. The first-order valence-electron chi connectivity index (χ1n) is 8.97. The Kier molecular flexibility index (Phi) is 5.42. The largest absolute Gasteiger partial charge is 0.380 e. The molecule has 0 N–H and O–H groups in total. The molecule has 0 spiro atoms. The summed E-state index contributed by atoms with van der Waals surface area (Å²) in [4.78, 5) is 46.4. The van der Waals surface area contributed by atoms with Crippen LogP contribution in [0.3, 0.4) is 0 Å². The van der Waals surface area contributed by atoms with Gasteiger partial charge in [-0.3, -0.25) is 29.0 Å². The van der Waals surface area contributed by atoms with Crippen molar-refractivity contribution >= 4 is 23.6 Å². The van der Waals surface area contributed by atoms with Crippen molar-refractivity contribution in [2.24, 2.45) is 0 Å². The summed E-state index contributed by atoms with van der Waals surface area (Å²) in [6, 6.07) is 4.42. The zero-order valence-corrected chi connectivity index (χ0v) is 16.4. The summed E-state index contributed by atoms with van der Waals surface area (Å²) in [6.07, 6.45) is 0.478. The van der Waals surface area contributed by atoms with Gasteiger partial charge in [0.1, 0.15) is 0 Å². The maximum atomic E-state index is 14.3. The Morgan fingerprint density at radius 3 is 1.42 bits per heavy atom. The minimum absolute atomic E-state index is 0.451. The van der Waals surface area contributed by atoms with Crippen molar-refractivity contribution in [3.63, 3.8) is 0 Å². The van der Waals surface area contributed by atoms with E-state index in [4.69, 9.17) is 0 Å². The average Bonchev–Trinajstić information content (AvgIpc) is 3.09. The van der Waals surface area contributed by atoms with E-state index in [1.54, 1.807) is 0 Å². The van der Waals surface area contributed by atoms with Crippen LogP contribution in [0.1, 0.15) is 27.6 Å². The lowest BCUT2D eigenvalue weighted by molar-refractivity contribution is -0.366. The Balaban J connectivity index is 1.88. The topological polar surface area (TPSA) is 74.8 Å². The molecule has 0 saturated carbocycles. The second-order valence-electron chi connectivity index (χ2n) is 7.36. The van der Waals surface area contributed by atoms with E-state index in [2.05, 4.69) is 0 Å². The van der Waals surface area contributed by atoms with Gasteiger partial charge in [-0.05, 0) is 19.1 Å². The van der Waals surface area contributed by atoms with Crippen LogP contribution in [0, 0.1) is 0 Å². The third kappa shape index (κ3) is 3.47. The number of amides is 4. The highest BCUT2D eigenvalue weighted by atomic mass is 19.4. The molecule has 0 atom stereocenters. The van der Waals surface area contributed by atoms with Gasteiger partial charge in [0.15, 0.2) is 0 Å². The minimum Gasteiger partial charge on any atom is -0.269 e. The van der Waals surface area contributed by atoms with Gasteiger partial charge < -0.3 is 0 Å². The monoisotopic (exact) mass is 484 g/mol. The number of hydrogen-bond donors (Lipinski definition) is 0. The highest BCUT2D eigenvalue weighted by molar-refractivity contribution is 6.21. The fraction of sp³-hybridized carbons (Fsp3) is 0.368. The van der Waals surface area contributed by atoms with Crippen molar-refractivity contribution in [2.45, 2.75) is 30.6 Å². The smallest absolute Gasteiger partial charge is 0.269 e. The van der Waals surface area contributed by atoms with Crippen LogP contribution in [0.25, 0.3) is 0 Å². The molecule has 2 heterocycles. The zero-order chi connectivity index (χ0) is 25.1. The normalized spacial score (nSPS) is 17.8. The first-order chi connectivity index (χ1) is 15.0. The maximum absolute atomic E-state index is 14.3. The number of fused-ring (bicyclic) bond motifs is 1. The van der Waals surface area contributed by atoms with Crippen LogP contribution in [-0.2, 0) is 9.59 Å². The van der Waals surface area contributed by atoms with Crippen molar-refractivity contribution in [1.29, 1.82) is 0 Å². The van der Waals surface area contributed by atoms with Crippen LogP contribution < -0.4 is 0 Å². The highest BCUT2D eigenvalue weighted by Crippen LogP contribution is 2.53. The van der Waals surface area contributed by atoms with Gasteiger partial charge in [0.05, 0.1) is 24.2 Å². The standard InChI is InChI=1S/C19H12F8N2O4/c1-9-6-12(30)28(13(9)31)7-16(20,21)18(24,25)19(26,27)17(22,23)8-29-14(32)10-4-2-3-5-11(10)15(29)33/h2-6H,7-8H2,1H3. The van der Waals surface area contributed by atoms with E-state index in [1.807, 2.05) is 0 Å². The molecule has 0 bridgehead atoms. The Morgan fingerprint density at radius 1 is 0.667 bits per heavy atom. The predicted molar refractivity (Wildman–Crippen MR) is 92.1 cm³/mol. The van der Waals surface area contributed by atoms with Crippen LogP contribution in [0.4, 0.5) is 35.1 Å². The molecule has 1 aromatic carbocycles. The molecule has 6 nitrogen and oxygen atoms in total. The molecule has 0 aromatic heterocycles. The van der Waals surface area contributed by atoms with Gasteiger partial charge in [-0.1, -0.05) is 12.1 Å². The number of carbonyl (C=O) groups is 4. The molecule has 4 amide bonds. The van der Waals surface area contributed by atoms with E-state index >= 15 is 0 Å². The third-order valence-electron chi connectivity index (χ3n) is 5.09. The van der Waals surface area contributed by atoms with Crippen LogP contribution in [0.2, 0.25) is 0 Å². The van der Waals surface area contributed by atoms with Crippen LogP contribution in [0.5, 0.6) is 0 Å². The number of alkyl halides is 8. The number of rotatable bonds is 7. The molecule has 0 aliphatic carbocycles. The molecule has 0 fully saturated rings. The van der Waals surface area contributed by atoms with Gasteiger partial charge in [-0.25, -0.2) is 0 Å². The van der Waals surface area contributed by atoms with Crippen molar-refractivity contribution in [1.82, 2.24) is 9.80 Å². The van der Waals surface area contributed by atoms with Crippen molar-refractivity contribution in [2.75, 3.05) is 13.1 Å². The molecule has 0 unspecified atom stereocenters. The second-order valence-corrected chi connectivity index (χ2v) is 7.36. The number of carbonyl (C=O) groups excluding carboxylic acids is 4. The Bertz CT molecular complexity index is 1060. The molecular weight excluding hydrogens is 472 g/mol. The molecular formula is C19H12F8N2O4. The van der Waals surface area contributed by atoms with Crippen molar-refractivity contribution in [3.8, 4) is 0 Å². The maximum Gasteiger partial charge on any atom is 0.380 e. The summed E-state index contributed by atoms with van der Waals surface area (Å²) < 4.78 is 114. The molecule has 14 heteroatoms. The quantitative estimate of drug-likeness (QED) is 0.441. The van der Waals surface area contributed by atoms with Crippen LogP contribution >= 0.6 is 0 Å². The average molecular weight is 484 g/mol. The lowest BCUT2D eigenvalue weighted by atomic mass is 9.97. The van der Waals surface area contributed by atoms with E-state index in [-0.39, 0.29) is 0 Å². The summed E-state index contributed by atoms with van der Waals surface area (Å²) in [5.74, 6) is -31.7. The SMILES string of the molecule is CC1=CC(=O)N(CC(F)(F)C(F)(F)C(F)(F)C(F)(F)CN2C(=O)c3ccccc3C2=O)C1=O. The molecule has 178 valence electrons. The Labute approximate surface area is 179 Å². The molecule has 2 aliphatic heterocycles. The number of hydrogen-bond acceptors (Lipinski definition) is 4. The van der Waals surface area contributed by atoms with E-state index in [0.717, 1.165) is 19.1 Å². The third-order valence-corrected chi connectivity index (χ3v) is 5.09. The fourth-order valence-corrected chi connectivity index (χ4v) is 3.23. The summed E-state index contributed by atoms with van der Waals surface area (Å²) >= 11 is 0. The summed E-state index contributed by atoms with van der Waals surface area (Å²) in [6.45, 7) is -4.27. The van der Waals surface area contributed by atoms with E-state index in [0.29, 0.717) is 6.08 Å². The molecule has 1 aromatic rings. The molecule has 0 radical (unpaired) electrons. The molecule has 33 heavy (non-hydrogen) atoms. The highest BCUT2D eigenvalue weighted by Gasteiger charge is 2.81. The zero-order valence-electron chi connectivity index (χ0n) is 16.4. The molecule has 2 aliphatic rings.